The normalized spacial score (nSPS) is 11.7. The van der Waals surface area contributed by atoms with Gasteiger partial charge in [-0.15, -0.1) is 0 Å². The maximum atomic E-state index is 13.8. The number of benzene rings is 3. The predicted octanol–water partition coefficient (Wildman–Crippen LogP) is 4.65. The first kappa shape index (κ1) is 30.0. The minimum atomic E-state index is -1.06. The molecule has 5 aromatic rings. The number of nitrogens with one attached hydrogen (secondary N) is 1. The van der Waals surface area contributed by atoms with Crippen LogP contribution in [-0.4, -0.2) is 76.2 Å². The van der Waals surface area contributed by atoms with E-state index in [-0.39, 0.29) is 56.9 Å². The average Bonchev–Trinajstić information content (AvgIpc) is 3.40. The van der Waals surface area contributed by atoms with E-state index in [0.717, 1.165) is 35.1 Å². The monoisotopic (exact) mass is 561 g/mol. The van der Waals surface area contributed by atoms with Crippen LogP contribution in [0.15, 0.2) is 93.0 Å². The summed E-state index contributed by atoms with van der Waals surface area (Å²) in [4.78, 5) is 32.7. The molecule has 2 aromatic heterocycles. The van der Waals surface area contributed by atoms with Gasteiger partial charge in [0.05, 0.1) is 17.8 Å². The van der Waals surface area contributed by atoms with E-state index in [9.17, 15) is 14.7 Å². The van der Waals surface area contributed by atoms with Crippen molar-refractivity contribution in [2.75, 3.05) is 0 Å². The molecule has 0 saturated heterocycles. The quantitative estimate of drug-likeness (QED) is 0.253. The van der Waals surface area contributed by atoms with Crippen molar-refractivity contribution >= 4 is 51.4 Å². The second-order valence-corrected chi connectivity index (χ2v) is 9.52. The number of hydrogen-bond acceptors (Lipinski definition) is 6. The fraction of sp³-hybridized carbons (Fsp3) is 0.226. The molecule has 5 rings (SSSR count). The van der Waals surface area contributed by atoms with Crippen molar-refractivity contribution in [3.05, 3.63) is 128 Å². The average molecular weight is 562 g/mol. The Morgan fingerprint density at radius 2 is 1.62 bits per heavy atom. The molecule has 1 unspecified atom stereocenters. The third kappa shape index (κ3) is 6.51. The fourth-order valence-electron chi connectivity index (χ4n) is 4.80. The van der Waals surface area contributed by atoms with Crippen LogP contribution in [0.25, 0.3) is 22.5 Å². The molecule has 0 aliphatic rings. The van der Waals surface area contributed by atoms with Gasteiger partial charge in [-0.3, -0.25) is 18.9 Å². The molecule has 0 fully saturated rings. The molecule has 199 valence electrons. The minimum Gasteiger partial charge on any atom is -0.383 e. The van der Waals surface area contributed by atoms with Crippen molar-refractivity contribution < 1.29 is 9.63 Å². The van der Waals surface area contributed by atoms with Crippen molar-refractivity contribution in [1.82, 2.24) is 19.7 Å². The Kier molecular flexibility index (Phi) is 10.2. The predicted molar refractivity (Wildman–Crippen MR) is 155 cm³/mol. The van der Waals surface area contributed by atoms with Gasteiger partial charge in [-0.2, -0.15) is 0 Å². The van der Waals surface area contributed by atoms with Crippen LogP contribution in [0.5, 0.6) is 0 Å². The minimum absolute atomic E-state index is 0. The molecule has 0 bridgehead atoms. The first-order chi connectivity index (χ1) is 19.0. The maximum absolute atomic E-state index is 13.8. The summed E-state index contributed by atoms with van der Waals surface area (Å²) in [5, 5.41) is 14.9. The van der Waals surface area contributed by atoms with Crippen molar-refractivity contribution in [2.24, 2.45) is 0 Å². The zero-order valence-electron chi connectivity index (χ0n) is 22.9. The SMILES string of the molecule is CCCCc1nc(C)c(C(O)c2ccccc2)c(=O)n1Cc1ccc(-c2ccccc2-c2noc(=O)[nH]2)cc1.[K]. The molecule has 0 aliphatic heterocycles. The summed E-state index contributed by atoms with van der Waals surface area (Å²) >= 11 is 0. The van der Waals surface area contributed by atoms with Crippen LogP contribution >= 0.6 is 0 Å². The summed E-state index contributed by atoms with van der Waals surface area (Å²) in [6, 6.07) is 24.7. The number of H-pyrrole nitrogens is 1. The topological polar surface area (TPSA) is 114 Å². The third-order valence-electron chi connectivity index (χ3n) is 6.84. The van der Waals surface area contributed by atoms with E-state index in [1.54, 1.807) is 11.5 Å². The van der Waals surface area contributed by atoms with Crippen LogP contribution in [0.4, 0.5) is 0 Å². The van der Waals surface area contributed by atoms with E-state index < -0.39 is 11.9 Å². The Bertz CT molecular complexity index is 1690. The Balaban J connectivity index is 0.00000370. The van der Waals surface area contributed by atoms with Crippen LogP contribution in [-0.2, 0) is 13.0 Å². The summed E-state index contributed by atoms with van der Waals surface area (Å²) in [7, 11) is 0. The van der Waals surface area contributed by atoms with Gasteiger partial charge in [-0.25, -0.2) is 9.78 Å². The Morgan fingerprint density at radius 1 is 0.950 bits per heavy atom. The van der Waals surface area contributed by atoms with Gasteiger partial charge < -0.3 is 5.11 Å². The third-order valence-corrected chi connectivity index (χ3v) is 6.84. The molecule has 0 amide bonds. The van der Waals surface area contributed by atoms with E-state index in [1.165, 1.54) is 0 Å². The van der Waals surface area contributed by atoms with Gasteiger partial charge in [-0.05, 0) is 35.6 Å². The fourth-order valence-corrected chi connectivity index (χ4v) is 4.80. The molecule has 8 nitrogen and oxygen atoms in total. The standard InChI is InChI=1S/C31H30N4O4.K/c1-3-4-14-26-32-20(2)27(28(36)23-10-6-5-7-11-23)30(37)35(26)19-21-15-17-22(18-16-21)24-12-8-9-13-25(24)29-33-31(38)39-34-29;/h5-13,15-18,28,36H,3-4,14,19H2,1-2H3,(H,33,34,38);. The van der Waals surface area contributed by atoms with Crippen LogP contribution in [0.3, 0.4) is 0 Å². The number of nitrogens with zero attached hydrogens (tertiary/aromatic N) is 3. The van der Waals surface area contributed by atoms with Gasteiger partial charge in [-0.1, -0.05) is 97.4 Å². The second kappa shape index (κ2) is 13.6. The largest absolute Gasteiger partial charge is 0.439 e. The number of rotatable bonds is 9. The number of aromatic amines is 1. The molecule has 3 aromatic carbocycles. The Morgan fingerprint density at radius 3 is 2.27 bits per heavy atom. The van der Waals surface area contributed by atoms with Crippen molar-refractivity contribution in [3.63, 3.8) is 0 Å². The number of hydrogen-bond donors (Lipinski definition) is 2. The van der Waals surface area contributed by atoms with E-state index in [4.69, 9.17) is 9.51 Å². The van der Waals surface area contributed by atoms with Crippen LogP contribution in [0, 0.1) is 6.92 Å². The number of aryl methyl sites for hydroxylation is 2. The summed E-state index contributed by atoms with van der Waals surface area (Å²) in [5.41, 5.74) is 4.77. The zero-order chi connectivity index (χ0) is 27.4. The molecular weight excluding hydrogens is 531 g/mol. The smallest absolute Gasteiger partial charge is 0.383 e. The number of aromatic nitrogens is 4. The first-order valence-corrected chi connectivity index (χ1v) is 13.0. The zero-order valence-corrected chi connectivity index (χ0v) is 26.0. The first-order valence-electron chi connectivity index (χ1n) is 13.0. The van der Waals surface area contributed by atoms with Gasteiger partial charge in [0.15, 0.2) is 5.82 Å². The van der Waals surface area contributed by atoms with Crippen molar-refractivity contribution in [3.8, 4) is 22.5 Å². The van der Waals surface area contributed by atoms with E-state index >= 15 is 0 Å². The molecular formula is C31H30KN4O4. The molecule has 2 heterocycles. The number of unbranched alkanes of at least 4 members (excludes halogenated alkanes) is 1. The van der Waals surface area contributed by atoms with Gasteiger partial charge >= 0.3 is 5.76 Å². The van der Waals surface area contributed by atoms with Gasteiger partial charge in [0.2, 0.25) is 0 Å². The van der Waals surface area contributed by atoms with Gasteiger partial charge in [0.1, 0.15) is 11.9 Å². The molecule has 0 saturated carbocycles. The van der Waals surface area contributed by atoms with Crippen molar-refractivity contribution in [1.29, 1.82) is 0 Å². The summed E-state index contributed by atoms with van der Waals surface area (Å²) in [5.74, 6) is 0.470. The van der Waals surface area contributed by atoms with Gasteiger partial charge in [0.25, 0.3) is 5.56 Å². The van der Waals surface area contributed by atoms with E-state index in [2.05, 4.69) is 17.1 Å². The van der Waals surface area contributed by atoms with Gasteiger partial charge in [0, 0.05) is 63.4 Å². The van der Waals surface area contributed by atoms with Crippen LogP contribution < -0.4 is 11.3 Å². The maximum Gasteiger partial charge on any atom is 0.439 e. The van der Waals surface area contributed by atoms with Crippen LogP contribution in [0.1, 0.15) is 54.1 Å². The summed E-state index contributed by atoms with van der Waals surface area (Å²) in [6.07, 6.45) is 1.51. The molecule has 0 spiro atoms. The van der Waals surface area contributed by atoms with Crippen LogP contribution in [0.2, 0.25) is 0 Å². The van der Waals surface area contributed by atoms with E-state index in [1.807, 2.05) is 78.9 Å². The number of aliphatic hydroxyl groups is 1. The molecule has 40 heavy (non-hydrogen) atoms. The molecule has 0 aliphatic carbocycles. The molecule has 2 N–H and O–H groups in total. The summed E-state index contributed by atoms with van der Waals surface area (Å²) < 4.78 is 6.38. The van der Waals surface area contributed by atoms with E-state index in [0.29, 0.717) is 41.4 Å². The number of aliphatic hydroxyl groups excluding tert-OH is 1. The molecule has 9 heteroatoms. The molecule has 1 radical (unpaired) electrons. The molecule has 1 atom stereocenters. The second-order valence-electron chi connectivity index (χ2n) is 9.52. The Labute approximate surface area is 274 Å². The summed E-state index contributed by atoms with van der Waals surface area (Å²) in [6.45, 7) is 4.23. The van der Waals surface area contributed by atoms with Crippen molar-refractivity contribution in [2.45, 2.75) is 45.8 Å². The Hall–Kier alpha value is -2.92.